The van der Waals surface area contributed by atoms with Crippen LogP contribution in [0, 0.1) is 0 Å². The minimum atomic E-state index is -0.132. The number of hydrogen-bond donors (Lipinski definition) is 2. The van der Waals surface area contributed by atoms with Crippen LogP contribution < -0.4 is 14.8 Å². The second-order valence-corrected chi connectivity index (χ2v) is 6.78. The number of nitrogens with one attached hydrogen (secondary N) is 1. The number of methoxy groups -OCH3 is 1. The fourth-order valence-corrected chi connectivity index (χ4v) is 3.32. The highest BCUT2D eigenvalue weighted by molar-refractivity contribution is 5.97. The van der Waals surface area contributed by atoms with Crippen molar-refractivity contribution in [3.05, 3.63) is 84.4 Å². The van der Waals surface area contributed by atoms with Gasteiger partial charge in [-0.3, -0.25) is 4.79 Å². The average Bonchev–Trinajstić information content (AvgIpc) is 2.80. The summed E-state index contributed by atoms with van der Waals surface area (Å²) in [4.78, 5) is 11.9. The Morgan fingerprint density at radius 3 is 2.23 bits per heavy atom. The van der Waals surface area contributed by atoms with Crippen LogP contribution in [-0.2, 0) is 0 Å². The standard InChI is InChI=1S/C25H21NO4/c1-26-25(28)17-5-3-16(4-6-17)22-13-7-18-15-21(29-2)12-14-23(18)24(22)30-20-10-8-19(27)9-11-20/h3-15,27H,1-2H3,(H,26,28). The van der Waals surface area contributed by atoms with E-state index in [0.717, 1.165) is 27.6 Å². The monoisotopic (exact) mass is 399 g/mol. The van der Waals surface area contributed by atoms with Crippen molar-refractivity contribution in [1.29, 1.82) is 0 Å². The van der Waals surface area contributed by atoms with Crippen LogP contribution in [0.25, 0.3) is 21.9 Å². The Kier molecular flexibility index (Phi) is 5.26. The first kappa shape index (κ1) is 19.3. The zero-order valence-electron chi connectivity index (χ0n) is 16.7. The Balaban J connectivity index is 1.85. The second-order valence-electron chi connectivity index (χ2n) is 6.78. The number of amides is 1. The van der Waals surface area contributed by atoms with Crippen LogP contribution in [0.1, 0.15) is 10.4 Å². The Morgan fingerprint density at radius 2 is 1.57 bits per heavy atom. The molecule has 4 aromatic carbocycles. The topological polar surface area (TPSA) is 67.8 Å². The molecular formula is C25H21NO4. The van der Waals surface area contributed by atoms with E-state index in [9.17, 15) is 9.90 Å². The molecule has 1 amide bonds. The Morgan fingerprint density at radius 1 is 0.867 bits per heavy atom. The van der Waals surface area contributed by atoms with Crippen molar-refractivity contribution in [3.63, 3.8) is 0 Å². The van der Waals surface area contributed by atoms with Crippen molar-refractivity contribution in [1.82, 2.24) is 5.32 Å². The molecule has 0 radical (unpaired) electrons. The molecule has 0 heterocycles. The summed E-state index contributed by atoms with van der Waals surface area (Å²) in [6.45, 7) is 0. The summed E-state index contributed by atoms with van der Waals surface area (Å²) in [5.41, 5.74) is 2.41. The van der Waals surface area contributed by atoms with Crippen LogP contribution in [0.3, 0.4) is 0 Å². The van der Waals surface area contributed by atoms with Gasteiger partial charge in [0.2, 0.25) is 0 Å². The summed E-state index contributed by atoms with van der Waals surface area (Å²) >= 11 is 0. The van der Waals surface area contributed by atoms with Crippen LogP contribution in [0.5, 0.6) is 23.0 Å². The van der Waals surface area contributed by atoms with Crippen molar-refractivity contribution >= 4 is 16.7 Å². The van der Waals surface area contributed by atoms with Crippen molar-refractivity contribution in [2.45, 2.75) is 0 Å². The normalized spacial score (nSPS) is 10.6. The molecule has 2 N–H and O–H groups in total. The lowest BCUT2D eigenvalue weighted by Gasteiger charge is -2.15. The van der Waals surface area contributed by atoms with Gasteiger partial charge in [0.05, 0.1) is 7.11 Å². The fraction of sp³-hybridized carbons (Fsp3) is 0.0800. The van der Waals surface area contributed by atoms with Crippen LogP contribution in [0.2, 0.25) is 0 Å². The van der Waals surface area contributed by atoms with E-state index in [1.807, 2.05) is 42.5 Å². The molecule has 0 bridgehead atoms. The van der Waals surface area contributed by atoms with E-state index in [4.69, 9.17) is 9.47 Å². The van der Waals surface area contributed by atoms with E-state index in [-0.39, 0.29) is 11.7 Å². The molecule has 4 aromatic rings. The number of carbonyl (C=O) groups is 1. The molecule has 150 valence electrons. The Hall–Kier alpha value is -3.99. The lowest BCUT2D eigenvalue weighted by molar-refractivity contribution is 0.0963. The van der Waals surface area contributed by atoms with Gasteiger partial charge in [-0.15, -0.1) is 0 Å². The highest BCUT2D eigenvalue weighted by Gasteiger charge is 2.14. The molecule has 0 aliphatic rings. The summed E-state index contributed by atoms with van der Waals surface area (Å²) < 4.78 is 11.6. The van der Waals surface area contributed by atoms with Gasteiger partial charge in [-0.1, -0.05) is 18.2 Å². The van der Waals surface area contributed by atoms with Crippen LogP contribution in [0.15, 0.2) is 78.9 Å². The lowest BCUT2D eigenvalue weighted by atomic mass is 9.98. The number of benzene rings is 4. The van der Waals surface area contributed by atoms with Crippen molar-refractivity contribution in [2.75, 3.05) is 14.2 Å². The summed E-state index contributed by atoms with van der Waals surface area (Å²) in [7, 11) is 3.24. The number of phenols is 1. The number of phenolic OH excluding ortho intramolecular Hbond substituents is 1. The summed E-state index contributed by atoms with van der Waals surface area (Å²) in [6, 6.07) is 23.8. The third-order valence-electron chi connectivity index (χ3n) is 4.92. The van der Waals surface area contributed by atoms with E-state index in [0.29, 0.717) is 17.1 Å². The van der Waals surface area contributed by atoms with Gasteiger partial charge in [0, 0.05) is 23.6 Å². The van der Waals surface area contributed by atoms with Crippen molar-refractivity contribution in [2.24, 2.45) is 0 Å². The predicted molar refractivity (Wildman–Crippen MR) is 118 cm³/mol. The zero-order chi connectivity index (χ0) is 21.1. The second kappa shape index (κ2) is 8.17. The first-order chi connectivity index (χ1) is 14.6. The first-order valence-electron chi connectivity index (χ1n) is 9.49. The molecule has 0 aliphatic carbocycles. The van der Waals surface area contributed by atoms with Gasteiger partial charge < -0.3 is 19.9 Å². The molecule has 0 aliphatic heterocycles. The van der Waals surface area contributed by atoms with E-state index in [1.165, 1.54) is 0 Å². The number of fused-ring (bicyclic) bond motifs is 1. The van der Waals surface area contributed by atoms with Crippen LogP contribution >= 0.6 is 0 Å². The average molecular weight is 399 g/mol. The van der Waals surface area contributed by atoms with Gasteiger partial charge in [0.25, 0.3) is 5.91 Å². The van der Waals surface area contributed by atoms with E-state index >= 15 is 0 Å². The van der Waals surface area contributed by atoms with Crippen molar-refractivity contribution < 1.29 is 19.4 Å². The summed E-state index contributed by atoms with van der Waals surface area (Å²) in [5, 5.41) is 14.1. The number of carbonyl (C=O) groups excluding carboxylic acids is 1. The van der Waals surface area contributed by atoms with E-state index in [1.54, 1.807) is 50.6 Å². The molecule has 0 unspecified atom stereocenters. The first-order valence-corrected chi connectivity index (χ1v) is 9.49. The van der Waals surface area contributed by atoms with Gasteiger partial charge in [-0.05, 0) is 71.6 Å². The molecule has 4 rings (SSSR count). The fourth-order valence-electron chi connectivity index (χ4n) is 3.32. The van der Waals surface area contributed by atoms with Gasteiger partial charge in [0.15, 0.2) is 0 Å². The molecular weight excluding hydrogens is 378 g/mol. The Labute approximate surface area is 174 Å². The number of aromatic hydroxyl groups is 1. The molecule has 0 fully saturated rings. The van der Waals surface area contributed by atoms with Crippen LogP contribution in [-0.4, -0.2) is 25.2 Å². The lowest BCUT2D eigenvalue weighted by Crippen LogP contribution is -2.17. The van der Waals surface area contributed by atoms with Crippen LogP contribution in [0.4, 0.5) is 0 Å². The minimum Gasteiger partial charge on any atom is -0.508 e. The molecule has 0 aromatic heterocycles. The molecule has 30 heavy (non-hydrogen) atoms. The third-order valence-corrected chi connectivity index (χ3v) is 4.92. The highest BCUT2D eigenvalue weighted by atomic mass is 16.5. The van der Waals surface area contributed by atoms with Gasteiger partial charge in [-0.2, -0.15) is 0 Å². The van der Waals surface area contributed by atoms with Crippen molar-refractivity contribution in [3.8, 4) is 34.1 Å². The number of ether oxygens (including phenoxy) is 2. The van der Waals surface area contributed by atoms with E-state index < -0.39 is 0 Å². The molecule has 0 atom stereocenters. The Bertz CT molecular complexity index is 1200. The van der Waals surface area contributed by atoms with Gasteiger partial charge in [-0.25, -0.2) is 0 Å². The minimum absolute atomic E-state index is 0.132. The SMILES string of the molecule is CNC(=O)c1ccc(-c2ccc3cc(OC)ccc3c2Oc2ccc(O)cc2)cc1. The summed E-state index contributed by atoms with van der Waals surface area (Å²) in [5.74, 6) is 2.11. The largest absolute Gasteiger partial charge is 0.508 e. The number of hydrogen-bond acceptors (Lipinski definition) is 4. The van der Waals surface area contributed by atoms with Gasteiger partial charge >= 0.3 is 0 Å². The van der Waals surface area contributed by atoms with Gasteiger partial charge in [0.1, 0.15) is 23.0 Å². The highest BCUT2D eigenvalue weighted by Crippen LogP contribution is 2.40. The maximum Gasteiger partial charge on any atom is 0.251 e. The van der Waals surface area contributed by atoms with E-state index in [2.05, 4.69) is 5.32 Å². The maximum absolute atomic E-state index is 11.9. The molecule has 0 spiro atoms. The molecule has 0 saturated heterocycles. The molecule has 0 saturated carbocycles. The quantitative estimate of drug-likeness (QED) is 0.473. The number of rotatable bonds is 5. The predicted octanol–water partition coefficient (Wildman–Crippen LogP) is 5.37. The molecule has 5 heteroatoms. The smallest absolute Gasteiger partial charge is 0.251 e. The molecule has 5 nitrogen and oxygen atoms in total. The third kappa shape index (κ3) is 3.78. The summed E-state index contributed by atoms with van der Waals surface area (Å²) in [6.07, 6.45) is 0. The maximum atomic E-state index is 11.9. The zero-order valence-corrected chi connectivity index (χ0v) is 16.7.